The molecular formula is C12H23NO. The molecule has 0 aromatic rings. The number of likely N-dealkylation sites (tertiary alicyclic amines) is 1. The molecule has 2 nitrogen and oxygen atoms in total. The Morgan fingerprint density at radius 2 is 2.00 bits per heavy atom. The van der Waals surface area contributed by atoms with Crippen molar-refractivity contribution in [2.24, 2.45) is 11.8 Å². The minimum atomic E-state index is 0.728. The summed E-state index contributed by atoms with van der Waals surface area (Å²) in [6, 6.07) is 1.49. The second-order valence-electron chi connectivity index (χ2n) is 5.22. The van der Waals surface area contributed by atoms with Gasteiger partial charge in [-0.2, -0.15) is 0 Å². The van der Waals surface area contributed by atoms with Gasteiger partial charge in [0.2, 0.25) is 0 Å². The first-order valence-electron chi connectivity index (χ1n) is 6.03. The van der Waals surface area contributed by atoms with Crippen LogP contribution < -0.4 is 0 Å². The van der Waals surface area contributed by atoms with E-state index in [1.807, 2.05) is 0 Å². The van der Waals surface area contributed by atoms with Crippen LogP contribution >= 0.6 is 0 Å². The summed E-state index contributed by atoms with van der Waals surface area (Å²) < 4.78 is 5.29. The average Bonchev–Trinajstić information content (AvgIpc) is 2.04. The number of hydrogen-bond donors (Lipinski definition) is 0. The van der Waals surface area contributed by atoms with Gasteiger partial charge in [0.25, 0.3) is 0 Å². The smallest absolute Gasteiger partial charge is 0.0645 e. The van der Waals surface area contributed by atoms with E-state index < -0.39 is 0 Å². The molecule has 0 spiro atoms. The Kier molecular flexibility index (Phi) is 3.13. The van der Waals surface area contributed by atoms with Gasteiger partial charge in [0.15, 0.2) is 0 Å². The highest BCUT2D eigenvalue weighted by Gasteiger charge is 2.36. The Bertz CT molecular complexity index is 189. The molecule has 2 heterocycles. The molecule has 0 N–H and O–H groups in total. The van der Waals surface area contributed by atoms with Gasteiger partial charge in [0.05, 0.1) is 19.3 Å². The van der Waals surface area contributed by atoms with Crippen LogP contribution in [0.1, 0.15) is 33.6 Å². The number of rotatable bonds is 2. The van der Waals surface area contributed by atoms with Crippen molar-refractivity contribution in [2.45, 2.75) is 45.7 Å². The Balaban J connectivity index is 1.96. The van der Waals surface area contributed by atoms with Crippen molar-refractivity contribution >= 4 is 0 Å². The largest absolute Gasteiger partial charge is 0.378 e. The zero-order valence-corrected chi connectivity index (χ0v) is 9.70. The molecule has 2 aliphatic rings. The zero-order chi connectivity index (χ0) is 10.1. The lowest BCUT2D eigenvalue weighted by atomic mass is 9.81. The highest BCUT2D eigenvalue weighted by atomic mass is 16.5. The Hall–Kier alpha value is -0.0800. The van der Waals surface area contributed by atoms with Crippen LogP contribution in [0.15, 0.2) is 0 Å². The molecule has 0 radical (unpaired) electrons. The maximum absolute atomic E-state index is 5.29. The minimum absolute atomic E-state index is 0.728. The lowest BCUT2D eigenvalue weighted by Gasteiger charge is -2.47. The molecule has 0 aromatic carbocycles. The van der Waals surface area contributed by atoms with Crippen molar-refractivity contribution in [3.05, 3.63) is 0 Å². The molecule has 82 valence electrons. The monoisotopic (exact) mass is 197 g/mol. The van der Waals surface area contributed by atoms with Crippen LogP contribution in [0.25, 0.3) is 0 Å². The van der Waals surface area contributed by atoms with Crippen molar-refractivity contribution in [1.82, 2.24) is 4.90 Å². The summed E-state index contributed by atoms with van der Waals surface area (Å²) in [7, 11) is 0. The average molecular weight is 197 g/mol. The lowest BCUT2D eigenvalue weighted by Crippen LogP contribution is -2.57. The fourth-order valence-electron chi connectivity index (χ4n) is 3.02. The molecule has 0 aliphatic carbocycles. The molecule has 2 rings (SSSR count). The Labute approximate surface area is 87.6 Å². The standard InChI is InChI=1S/C12H23NO/c1-9(2)12-5-4-6-13(10(12)3)11-7-14-8-11/h9-12H,4-8H2,1-3H3/t10-,12+/m1/s1. The second-order valence-corrected chi connectivity index (χ2v) is 5.22. The Morgan fingerprint density at radius 1 is 1.29 bits per heavy atom. The molecule has 0 saturated carbocycles. The van der Waals surface area contributed by atoms with E-state index >= 15 is 0 Å². The quantitative estimate of drug-likeness (QED) is 0.672. The molecule has 0 bridgehead atoms. The van der Waals surface area contributed by atoms with E-state index in [-0.39, 0.29) is 0 Å². The summed E-state index contributed by atoms with van der Waals surface area (Å²) in [5.41, 5.74) is 0. The maximum atomic E-state index is 5.29. The SMILES string of the molecule is CC(C)[C@@H]1CCCN(C2COC2)[C@@H]1C. The maximum Gasteiger partial charge on any atom is 0.0645 e. The van der Waals surface area contributed by atoms with E-state index in [2.05, 4.69) is 25.7 Å². The van der Waals surface area contributed by atoms with Crippen molar-refractivity contribution in [2.75, 3.05) is 19.8 Å². The van der Waals surface area contributed by atoms with Crippen LogP contribution in [0.5, 0.6) is 0 Å². The van der Waals surface area contributed by atoms with Gasteiger partial charge in [-0.1, -0.05) is 13.8 Å². The van der Waals surface area contributed by atoms with E-state index in [0.29, 0.717) is 0 Å². The van der Waals surface area contributed by atoms with Crippen LogP contribution in [0.3, 0.4) is 0 Å². The van der Waals surface area contributed by atoms with Crippen LogP contribution in [-0.2, 0) is 4.74 Å². The predicted molar refractivity (Wildman–Crippen MR) is 58.3 cm³/mol. The first-order chi connectivity index (χ1) is 6.70. The summed E-state index contributed by atoms with van der Waals surface area (Å²) in [5.74, 6) is 1.72. The third-order valence-electron chi connectivity index (χ3n) is 4.04. The summed E-state index contributed by atoms with van der Waals surface area (Å²) in [6.07, 6.45) is 2.80. The minimum Gasteiger partial charge on any atom is -0.378 e. The van der Waals surface area contributed by atoms with Gasteiger partial charge in [-0.05, 0) is 38.1 Å². The third kappa shape index (κ3) is 1.82. The summed E-state index contributed by atoms with van der Waals surface area (Å²) in [5, 5.41) is 0. The topological polar surface area (TPSA) is 12.5 Å². The van der Waals surface area contributed by atoms with E-state index in [1.54, 1.807) is 0 Å². The molecule has 2 aliphatic heterocycles. The summed E-state index contributed by atoms with van der Waals surface area (Å²) in [4.78, 5) is 2.68. The first kappa shape index (κ1) is 10.4. The van der Waals surface area contributed by atoms with Gasteiger partial charge in [0.1, 0.15) is 0 Å². The van der Waals surface area contributed by atoms with Crippen molar-refractivity contribution < 1.29 is 4.74 Å². The second kappa shape index (κ2) is 4.19. The lowest BCUT2D eigenvalue weighted by molar-refractivity contribution is -0.0978. The highest BCUT2D eigenvalue weighted by molar-refractivity contribution is 4.89. The number of ether oxygens (including phenoxy) is 1. The van der Waals surface area contributed by atoms with Crippen LogP contribution in [0, 0.1) is 11.8 Å². The van der Waals surface area contributed by atoms with Gasteiger partial charge in [-0.25, -0.2) is 0 Å². The number of hydrogen-bond acceptors (Lipinski definition) is 2. The van der Waals surface area contributed by atoms with Gasteiger partial charge in [-0.3, -0.25) is 4.90 Å². The van der Waals surface area contributed by atoms with E-state index in [4.69, 9.17) is 4.74 Å². The van der Waals surface area contributed by atoms with Crippen LogP contribution in [0.4, 0.5) is 0 Å². The first-order valence-corrected chi connectivity index (χ1v) is 6.03. The van der Waals surface area contributed by atoms with Crippen molar-refractivity contribution in [3.63, 3.8) is 0 Å². The molecule has 2 saturated heterocycles. The molecule has 2 atom stereocenters. The van der Waals surface area contributed by atoms with Gasteiger partial charge < -0.3 is 4.74 Å². The Morgan fingerprint density at radius 3 is 2.50 bits per heavy atom. The third-order valence-corrected chi connectivity index (χ3v) is 4.04. The van der Waals surface area contributed by atoms with Gasteiger partial charge in [-0.15, -0.1) is 0 Å². The molecule has 0 unspecified atom stereocenters. The molecule has 2 fully saturated rings. The van der Waals surface area contributed by atoms with Gasteiger partial charge >= 0.3 is 0 Å². The molecule has 0 amide bonds. The summed E-state index contributed by atoms with van der Waals surface area (Å²) in [6.45, 7) is 10.4. The van der Waals surface area contributed by atoms with Crippen LogP contribution in [-0.4, -0.2) is 36.7 Å². The normalized spacial score (nSPS) is 36.0. The molecule has 0 aromatic heterocycles. The van der Waals surface area contributed by atoms with E-state index in [0.717, 1.165) is 37.1 Å². The summed E-state index contributed by atoms with van der Waals surface area (Å²) >= 11 is 0. The van der Waals surface area contributed by atoms with Crippen molar-refractivity contribution in [1.29, 1.82) is 0 Å². The number of piperidine rings is 1. The fraction of sp³-hybridized carbons (Fsp3) is 1.00. The molecule has 14 heavy (non-hydrogen) atoms. The van der Waals surface area contributed by atoms with Crippen LogP contribution in [0.2, 0.25) is 0 Å². The number of nitrogens with zero attached hydrogens (tertiary/aromatic N) is 1. The molecule has 2 heteroatoms. The molecular weight excluding hydrogens is 174 g/mol. The van der Waals surface area contributed by atoms with Gasteiger partial charge in [0, 0.05) is 6.04 Å². The predicted octanol–water partition coefficient (Wildman–Crippen LogP) is 2.14. The highest BCUT2D eigenvalue weighted by Crippen LogP contribution is 2.31. The van der Waals surface area contributed by atoms with E-state index in [9.17, 15) is 0 Å². The van der Waals surface area contributed by atoms with E-state index in [1.165, 1.54) is 19.4 Å². The van der Waals surface area contributed by atoms with Crippen molar-refractivity contribution in [3.8, 4) is 0 Å². The zero-order valence-electron chi connectivity index (χ0n) is 9.70. The fourth-order valence-corrected chi connectivity index (χ4v) is 3.02.